The molecular weight excluding hydrogens is 382 g/mol. The van der Waals surface area contributed by atoms with Crippen LogP contribution in [0.15, 0.2) is 11.5 Å². The highest BCUT2D eigenvalue weighted by molar-refractivity contribution is 7.99. The van der Waals surface area contributed by atoms with E-state index >= 15 is 0 Å². The van der Waals surface area contributed by atoms with Gasteiger partial charge in [-0.2, -0.15) is 5.06 Å². The van der Waals surface area contributed by atoms with E-state index in [9.17, 15) is 24.3 Å². The Bertz CT molecular complexity index is 784. The minimum Gasteiger partial charge on any atom is -0.477 e. The first-order valence-corrected chi connectivity index (χ1v) is 9.08. The molecule has 0 aliphatic carbocycles. The second-order valence-electron chi connectivity index (χ2n) is 5.80. The molecule has 0 saturated carbocycles. The Labute approximate surface area is 157 Å². The third-order valence-corrected chi connectivity index (χ3v) is 5.05. The number of aryl methyl sites for hydroxylation is 1. The second-order valence-corrected chi connectivity index (χ2v) is 6.74. The lowest BCUT2D eigenvalue weighted by Crippen LogP contribution is -2.56. The maximum absolute atomic E-state index is 12.5. The third kappa shape index (κ3) is 3.60. The summed E-state index contributed by atoms with van der Waals surface area (Å²) in [4.78, 5) is 52.7. The van der Waals surface area contributed by atoms with E-state index in [2.05, 4.69) is 15.5 Å². The van der Waals surface area contributed by atoms with Crippen LogP contribution in [-0.2, 0) is 35.3 Å². The number of hydroxylamine groups is 2. The number of ether oxygens (including phenoxy) is 1. The lowest BCUT2D eigenvalue weighted by atomic mass is 10.1. The quantitative estimate of drug-likeness (QED) is 0.421. The average molecular weight is 399 g/mol. The number of aliphatic carboxylic acids is 1. The van der Waals surface area contributed by atoms with Crippen LogP contribution in [0.2, 0.25) is 0 Å². The Morgan fingerprint density at radius 1 is 1.48 bits per heavy atom. The molecule has 0 bridgehead atoms. The first-order valence-electron chi connectivity index (χ1n) is 8.09. The van der Waals surface area contributed by atoms with Gasteiger partial charge in [0.1, 0.15) is 19.0 Å². The molecule has 13 heteroatoms. The van der Waals surface area contributed by atoms with Crippen LogP contribution in [0.4, 0.5) is 0 Å². The van der Waals surface area contributed by atoms with E-state index in [1.807, 2.05) is 6.92 Å². The summed E-state index contributed by atoms with van der Waals surface area (Å²) in [6.07, 6.45) is 1.17. The van der Waals surface area contributed by atoms with E-state index in [1.54, 1.807) is 10.9 Å². The molecule has 3 heterocycles. The summed E-state index contributed by atoms with van der Waals surface area (Å²) in [5.41, 5.74) is -2.19. The fourth-order valence-corrected chi connectivity index (χ4v) is 3.48. The van der Waals surface area contributed by atoms with Crippen molar-refractivity contribution in [1.82, 2.24) is 25.1 Å². The Morgan fingerprint density at radius 3 is 2.89 bits per heavy atom. The van der Waals surface area contributed by atoms with Crippen LogP contribution in [0.3, 0.4) is 0 Å². The number of hydrogen-bond acceptors (Lipinski definition) is 9. The van der Waals surface area contributed by atoms with E-state index in [1.165, 1.54) is 0 Å². The first-order chi connectivity index (χ1) is 12.9. The molecule has 3 rings (SSSR count). The molecule has 2 N–H and O–H groups in total. The summed E-state index contributed by atoms with van der Waals surface area (Å²) < 4.78 is 6.61. The zero-order chi connectivity index (χ0) is 19.6. The van der Waals surface area contributed by atoms with Crippen molar-refractivity contribution in [3.63, 3.8) is 0 Å². The van der Waals surface area contributed by atoms with Crippen molar-refractivity contribution in [1.29, 1.82) is 0 Å². The smallest absolute Gasteiger partial charge is 0.372 e. The van der Waals surface area contributed by atoms with Crippen molar-refractivity contribution < 1.29 is 33.9 Å². The molecule has 2 amide bonds. The number of rotatable bonds is 7. The van der Waals surface area contributed by atoms with Crippen LogP contribution in [-0.4, -0.2) is 72.8 Å². The van der Waals surface area contributed by atoms with E-state index in [0.29, 0.717) is 16.8 Å². The second kappa shape index (κ2) is 7.52. The summed E-state index contributed by atoms with van der Waals surface area (Å²) in [5.74, 6) is -3.51. The number of carbonyl (C=O) groups excluding carboxylic acids is 3. The molecule has 2 atom stereocenters. The number of hydrogen-bond donors (Lipinski definition) is 2. The molecule has 2 fully saturated rings. The molecule has 2 aliphatic heterocycles. The number of amides is 2. The van der Waals surface area contributed by atoms with Gasteiger partial charge in [-0.05, 0) is 6.92 Å². The predicted molar refractivity (Wildman–Crippen MR) is 86.8 cm³/mol. The van der Waals surface area contributed by atoms with Crippen molar-refractivity contribution in [3.8, 4) is 0 Å². The summed E-state index contributed by atoms with van der Waals surface area (Å²) in [5, 5.41) is 20.6. The number of carboxylic acid groups (broad SMARTS) is 1. The monoisotopic (exact) mass is 399 g/mol. The summed E-state index contributed by atoms with van der Waals surface area (Å²) in [6, 6.07) is -1.07. The zero-order valence-electron chi connectivity index (χ0n) is 14.3. The van der Waals surface area contributed by atoms with Gasteiger partial charge in [-0.1, -0.05) is 11.8 Å². The largest absolute Gasteiger partial charge is 0.477 e. The fraction of sp³-hybridized carbons (Fsp3) is 0.571. The average Bonchev–Trinajstić information content (AvgIpc) is 3.33. The van der Waals surface area contributed by atoms with Crippen molar-refractivity contribution in [2.24, 2.45) is 0 Å². The molecule has 146 valence electrons. The number of nitrogens with one attached hydrogen (secondary N) is 1. The highest BCUT2D eigenvalue weighted by Gasteiger charge is 2.59. The topological polar surface area (TPSA) is 153 Å². The molecular formula is C14H17N5O7S. The highest BCUT2D eigenvalue weighted by atomic mass is 32.2. The molecule has 12 nitrogen and oxygen atoms in total. The summed E-state index contributed by atoms with van der Waals surface area (Å²) >= 11 is 1.15. The maximum atomic E-state index is 12.5. The molecule has 0 aromatic carbocycles. The van der Waals surface area contributed by atoms with E-state index in [0.717, 1.165) is 11.8 Å². The Kier molecular flexibility index (Phi) is 5.32. The van der Waals surface area contributed by atoms with Crippen molar-refractivity contribution in [2.75, 3.05) is 12.4 Å². The molecule has 0 radical (unpaired) electrons. The van der Waals surface area contributed by atoms with Gasteiger partial charge < -0.3 is 19.7 Å². The van der Waals surface area contributed by atoms with Gasteiger partial charge in [-0.15, -0.1) is 10.2 Å². The van der Waals surface area contributed by atoms with Gasteiger partial charge in [-0.25, -0.2) is 4.79 Å². The third-order valence-electron chi connectivity index (χ3n) is 4.07. The molecule has 1 unspecified atom stereocenters. The van der Waals surface area contributed by atoms with Gasteiger partial charge in [0.25, 0.3) is 5.91 Å². The van der Waals surface area contributed by atoms with Gasteiger partial charge in [-0.3, -0.25) is 19.2 Å². The fourth-order valence-electron chi connectivity index (χ4n) is 2.69. The van der Waals surface area contributed by atoms with Crippen LogP contribution in [0, 0.1) is 0 Å². The zero-order valence-corrected chi connectivity index (χ0v) is 15.1. The molecule has 2 saturated heterocycles. The molecule has 0 spiro atoms. The van der Waals surface area contributed by atoms with Crippen molar-refractivity contribution in [2.45, 2.75) is 43.2 Å². The number of carboxylic acids is 1. The van der Waals surface area contributed by atoms with Gasteiger partial charge in [0.2, 0.25) is 5.91 Å². The van der Waals surface area contributed by atoms with Crippen molar-refractivity contribution in [3.05, 3.63) is 6.33 Å². The van der Waals surface area contributed by atoms with Crippen LogP contribution < -0.4 is 5.32 Å². The lowest BCUT2D eigenvalue weighted by molar-refractivity contribution is -0.256. The Hall–Kier alpha value is -2.67. The summed E-state index contributed by atoms with van der Waals surface area (Å²) in [6.45, 7) is 2.30. The van der Waals surface area contributed by atoms with E-state index in [-0.39, 0.29) is 25.2 Å². The van der Waals surface area contributed by atoms with Crippen molar-refractivity contribution >= 4 is 35.5 Å². The molecule has 2 aliphatic rings. The van der Waals surface area contributed by atoms with Crippen LogP contribution in [0.5, 0.6) is 0 Å². The SMILES string of the molecule is CCn1cnnc1SCC(=O)N[C@H]1CON(C2(C(=O)O)CCC(=O)O2)C1=O. The number of cyclic esters (lactones) is 1. The van der Waals surface area contributed by atoms with Crippen LogP contribution >= 0.6 is 11.8 Å². The molecule has 1 aromatic rings. The van der Waals surface area contributed by atoms with Crippen LogP contribution in [0.25, 0.3) is 0 Å². The van der Waals surface area contributed by atoms with E-state index in [4.69, 9.17) is 9.57 Å². The van der Waals surface area contributed by atoms with Gasteiger partial charge in [0.05, 0.1) is 12.2 Å². The maximum Gasteiger partial charge on any atom is 0.372 e. The van der Waals surface area contributed by atoms with E-state index < -0.39 is 35.5 Å². The first kappa shape index (κ1) is 19.1. The predicted octanol–water partition coefficient (Wildman–Crippen LogP) is -1.23. The van der Waals surface area contributed by atoms with Gasteiger partial charge in [0.15, 0.2) is 5.16 Å². The number of thioether (sulfide) groups is 1. The highest BCUT2D eigenvalue weighted by Crippen LogP contribution is 2.34. The lowest BCUT2D eigenvalue weighted by Gasteiger charge is -2.30. The number of carbonyl (C=O) groups is 4. The number of esters is 1. The van der Waals surface area contributed by atoms with Gasteiger partial charge in [0, 0.05) is 13.0 Å². The molecule has 27 heavy (non-hydrogen) atoms. The van der Waals surface area contributed by atoms with Gasteiger partial charge >= 0.3 is 17.7 Å². The molecule has 1 aromatic heterocycles. The normalized spacial score (nSPS) is 24.9. The number of aromatic nitrogens is 3. The summed E-state index contributed by atoms with van der Waals surface area (Å²) in [7, 11) is 0. The number of nitrogens with zero attached hydrogens (tertiary/aromatic N) is 4. The standard InChI is InChI=1S/C14H17N5O7S/c1-2-18-7-15-17-13(18)27-6-9(20)16-8-5-25-19(11(8)22)14(12(23)24)4-3-10(21)26-14/h7-8H,2-6H2,1H3,(H,16,20)(H,23,24)/t8-,14?/m0/s1. The minimum atomic E-state index is -2.19. The Balaban J connectivity index is 1.59. The minimum absolute atomic E-state index is 0.0124. The Morgan fingerprint density at radius 2 is 2.26 bits per heavy atom. The van der Waals surface area contributed by atoms with Crippen LogP contribution in [0.1, 0.15) is 19.8 Å².